The van der Waals surface area contributed by atoms with E-state index in [0.717, 1.165) is 12.0 Å². The monoisotopic (exact) mass is 613 g/mol. The zero-order valence-corrected chi connectivity index (χ0v) is 24.5. The van der Waals surface area contributed by atoms with Gasteiger partial charge in [0.2, 0.25) is 0 Å². The first-order valence-electron chi connectivity index (χ1n) is 14.2. The summed E-state index contributed by atoms with van der Waals surface area (Å²) in [5.41, 5.74) is 6.52. The minimum absolute atomic E-state index is 0.105. The molecule has 2 radical (unpaired) electrons. The Kier molecular flexibility index (Phi) is 7.82. The highest BCUT2D eigenvalue weighted by Gasteiger charge is 2.57. The van der Waals surface area contributed by atoms with Crippen LogP contribution in [0.5, 0.6) is 0 Å². The molecule has 1 aliphatic heterocycles. The van der Waals surface area contributed by atoms with E-state index in [0.29, 0.717) is 57.0 Å². The van der Waals surface area contributed by atoms with E-state index in [-0.39, 0.29) is 6.04 Å². The lowest BCUT2D eigenvalue weighted by Crippen LogP contribution is -2.49. The quantitative estimate of drug-likeness (QED) is 0.145. The van der Waals surface area contributed by atoms with Crippen LogP contribution in [0.2, 0.25) is 5.02 Å². The average Bonchev–Trinajstić information content (AvgIpc) is 3.69. The van der Waals surface area contributed by atoms with Crippen LogP contribution < -0.4 is 21.6 Å². The molecule has 3 aromatic carbocycles. The Bertz CT molecular complexity index is 1760. The predicted molar refractivity (Wildman–Crippen MR) is 166 cm³/mol. The van der Waals surface area contributed by atoms with Gasteiger partial charge in [0, 0.05) is 23.5 Å². The van der Waals surface area contributed by atoms with Crippen LogP contribution in [0, 0.1) is 17.1 Å². The Morgan fingerprint density at radius 1 is 1.16 bits per heavy atom. The summed E-state index contributed by atoms with van der Waals surface area (Å²) < 4.78 is 41.8. The first-order valence-corrected chi connectivity index (χ1v) is 14.5. The van der Waals surface area contributed by atoms with Gasteiger partial charge in [-0.3, -0.25) is 9.99 Å². The summed E-state index contributed by atoms with van der Waals surface area (Å²) in [6, 6.07) is 21.0. The van der Waals surface area contributed by atoms with Gasteiger partial charge >= 0.3 is 0 Å². The number of halogens is 4. The minimum Gasteiger partial charge on any atom is -0.378 e. The number of hydrazine groups is 2. The highest BCUT2D eigenvalue weighted by Crippen LogP contribution is 2.47. The molecule has 1 saturated carbocycles. The maximum atomic E-state index is 13.9. The maximum Gasteiger partial charge on any atom is 0.262 e. The van der Waals surface area contributed by atoms with Crippen molar-refractivity contribution in [3.05, 3.63) is 112 Å². The molecule has 0 saturated heterocycles. The number of benzene rings is 3. The first kappa shape index (κ1) is 29.7. The van der Waals surface area contributed by atoms with Crippen LogP contribution >= 0.6 is 11.6 Å². The van der Waals surface area contributed by atoms with Crippen molar-refractivity contribution in [2.45, 2.75) is 49.6 Å². The van der Waals surface area contributed by atoms with Crippen molar-refractivity contribution in [2.24, 2.45) is 0 Å². The van der Waals surface area contributed by atoms with E-state index >= 15 is 0 Å². The fourth-order valence-electron chi connectivity index (χ4n) is 5.53. The zero-order valence-electron chi connectivity index (χ0n) is 23.7. The normalized spacial score (nSPS) is 17.4. The highest BCUT2D eigenvalue weighted by atomic mass is 35.5. The third-order valence-corrected chi connectivity index (χ3v) is 8.55. The molecule has 6 rings (SSSR count). The Labute approximate surface area is 259 Å². The van der Waals surface area contributed by atoms with Gasteiger partial charge in [-0.1, -0.05) is 61.0 Å². The van der Waals surface area contributed by atoms with Crippen LogP contribution in [-0.4, -0.2) is 29.8 Å². The van der Waals surface area contributed by atoms with Gasteiger partial charge in [-0.15, -0.1) is 5.53 Å². The van der Waals surface area contributed by atoms with Gasteiger partial charge < -0.3 is 16.1 Å². The van der Waals surface area contributed by atoms with Crippen molar-refractivity contribution in [2.75, 3.05) is 10.6 Å². The summed E-state index contributed by atoms with van der Waals surface area (Å²) in [5, 5.41) is 19.0. The Morgan fingerprint density at radius 3 is 2.52 bits per heavy atom. The summed E-state index contributed by atoms with van der Waals surface area (Å²) in [6.45, 7) is 2.05. The molecular formula is C32H28BClF3N7. The SMILES string of the molecule is [B]C(Nc1cc(Cl)c2ncc(C#N)c(N[C@H](CC)c3ccccc3)c2c1)(C1=CN(C2(C(F)F)CC2)NN1)c1ccc(F)cc1. The molecule has 0 amide bonds. The molecule has 4 aromatic rings. The molecule has 2 heterocycles. The largest absolute Gasteiger partial charge is 0.378 e. The van der Waals surface area contributed by atoms with E-state index in [9.17, 15) is 18.4 Å². The van der Waals surface area contributed by atoms with Crippen molar-refractivity contribution >= 4 is 41.7 Å². The van der Waals surface area contributed by atoms with E-state index in [1.165, 1.54) is 41.7 Å². The van der Waals surface area contributed by atoms with E-state index in [1.54, 1.807) is 12.1 Å². The van der Waals surface area contributed by atoms with Gasteiger partial charge in [-0.05, 0) is 54.7 Å². The Balaban J connectivity index is 1.44. The number of anilines is 2. The zero-order chi connectivity index (χ0) is 31.1. The van der Waals surface area contributed by atoms with Crippen LogP contribution in [0.4, 0.5) is 24.5 Å². The minimum atomic E-state index is -2.58. The average molecular weight is 614 g/mol. The third-order valence-electron chi connectivity index (χ3n) is 8.26. The van der Waals surface area contributed by atoms with Gasteiger partial charge in [0.25, 0.3) is 6.43 Å². The van der Waals surface area contributed by atoms with E-state index in [1.807, 2.05) is 37.3 Å². The third kappa shape index (κ3) is 5.29. The molecule has 1 aromatic heterocycles. The number of pyridine rings is 1. The van der Waals surface area contributed by atoms with E-state index in [4.69, 9.17) is 19.4 Å². The van der Waals surface area contributed by atoms with Gasteiger partial charge in [0.1, 0.15) is 25.3 Å². The van der Waals surface area contributed by atoms with Crippen molar-refractivity contribution in [1.82, 2.24) is 21.0 Å². The fraction of sp³-hybridized carbons (Fsp3) is 0.250. The highest BCUT2D eigenvalue weighted by molar-refractivity contribution is 6.36. The number of rotatable bonds is 10. The van der Waals surface area contributed by atoms with Gasteiger partial charge in [0.15, 0.2) is 0 Å². The number of nitrogens with one attached hydrogen (secondary N) is 4. The molecule has 12 heteroatoms. The lowest BCUT2D eigenvalue weighted by atomic mass is 9.69. The van der Waals surface area contributed by atoms with Crippen molar-refractivity contribution < 1.29 is 13.2 Å². The molecule has 2 atom stereocenters. The number of fused-ring (bicyclic) bond motifs is 1. The first-order chi connectivity index (χ1) is 21.2. The summed E-state index contributed by atoms with van der Waals surface area (Å²) in [7, 11) is 7.03. The number of nitriles is 1. The van der Waals surface area contributed by atoms with Crippen molar-refractivity contribution in [3.63, 3.8) is 0 Å². The summed E-state index contributed by atoms with van der Waals surface area (Å²) in [5.74, 6) is -0.456. The van der Waals surface area contributed by atoms with Gasteiger partial charge in [0.05, 0.1) is 39.0 Å². The molecule has 0 bridgehead atoms. The maximum absolute atomic E-state index is 13.9. The predicted octanol–water partition coefficient (Wildman–Crippen LogP) is 6.86. The lowest BCUT2D eigenvalue weighted by molar-refractivity contribution is 0.00910. The summed E-state index contributed by atoms with van der Waals surface area (Å²) in [6.07, 6.45) is 1.79. The molecule has 7 nitrogen and oxygen atoms in total. The van der Waals surface area contributed by atoms with Crippen LogP contribution in [-0.2, 0) is 5.44 Å². The molecule has 0 spiro atoms. The van der Waals surface area contributed by atoms with Crippen LogP contribution in [0.1, 0.15) is 48.9 Å². The molecular weight excluding hydrogens is 586 g/mol. The van der Waals surface area contributed by atoms with E-state index < -0.39 is 23.2 Å². The van der Waals surface area contributed by atoms with E-state index in [2.05, 4.69) is 32.6 Å². The van der Waals surface area contributed by atoms with Crippen molar-refractivity contribution in [1.29, 1.82) is 5.26 Å². The fourth-order valence-corrected chi connectivity index (χ4v) is 5.80. The van der Waals surface area contributed by atoms with Crippen LogP contribution in [0.25, 0.3) is 10.9 Å². The molecule has 2 aliphatic rings. The lowest BCUT2D eigenvalue weighted by Gasteiger charge is -2.34. The smallest absolute Gasteiger partial charge is 0.262 e. The summed E-state index contributed by atoms with van der Waals surface area (Å²) >= 11 is 6.76. The topological polar surface area (TPSA) is 88.0 Å². The van der Waals surface area contributed by atoms with Gasteiger partial charge in [-0.2, -0.15) is 5.26 Å². The molecule has 222 valence electrons. The number of alkyl halides is 2. The van der Waals surface area contributed by atoms with Crippen molar-refractivity contribution in [3.8, 4) is 6.07 Å². The number of hydrogen-bond acceptors (Lipinski definition) is 7. The van der Waals surface area contributed by atoms with Gasteiger partial charge in [-0.25, -0.2) is 13.2 Å². The number of aromatic nitrogens is 1. The molecule has 1 fully saturated rings. The molecule has 1 aliphatic carbocycles. The second kappa shape index (κ2) is 11.6. The number of nitrogens with zero attached hydrogens (tertiary/aromatic N) is 3. The molecule has 1 unspecified atom stereocenters. The second-order valence-electron chi connectivity index (χ2n) is 11.0. The summed E-state index contributed by atoms with van der Waals surface area (Å²) in [4.78, 5) is 4.45. The Hall–Kier alpha value is -4.40. The second-order valence-corrected chi connectivity index (χ2v) is 11.4. The van der Waals surface area contributed by atoms with Crippen LogP contribution in [0.3, 0.4) is 0 Å². The Morgan fingerprint density at radius 2 is 1.89 bits per heavy atom. The van der Waals surface area contributed by atoms with Crippen LogP contribution in [0.15, 0.2) is 84.8 Å². The standard InChI is InChI=1S/C32H28BClF3N7/c1-2-26(19-6-4-3-5-7-19)40-28-20(16-38)17-39-29-24(28)14-23(15-25(29)34)41-32(33,21-8-10-22(35)11-9-21)27-18-44(43-42-27)31(12-13-31)30(36)37/h3-11,14-15,17-18,26,30,41-43H,2,12-13H2,1H3,(H,39,40)/t26-,32?/m1/s1. The number of hydrogen-bond donors (Lipinski definition) is 4. The molecule has 4 N–H and O–H groups in total. The molecule has 44 heavy (non-hydrogen) atoms.